The molecule has 1 amide bonds. The average Bonchev–Trinajstić information content (AvgIpc) is 3.21. The summed E-state index contributed by atoms with van der Waals surface area (Å²) in [7, 11) is 1.58. The fraction of sp³-hybridized carbons (Fsp3) is 0.190. The van der Waals surface area contributed by atoms with Crippen LogP contribution in [0, 0.1) is 6.92 Å². The number of amides is 1. The van der Waals surface area contributed by atoms with Gasteiger partial charge < -0.3 is 14.8 Å². The largest absolute Gasteiger partial charge is 0.497 e. The van der Waals surface area contributed by atoms with Gasteiger partial charge in [0.05, 0.1) is 7.11 Å². The van der Waals surface area contributed by atoms with Gasteiger partial charge in [0.2, 0.25) is 0 Å². The Balaban J connectivity index is 1.49. The van der Waals surface area contributed by atoms with Gasteiger partial charge in [0, 0.05) is 17.5 Å². The first-order valence-corrected chi connectivity index (χ1v) is 9.52. The Morgan fingerprint density at radius 2 is 1.93 bits per heavy atom. The average molecular weight is 396 g/mol. The molecule has 7 heteroatoms. The molecule has 28 heavy (non-hydrogen) atoms. The number of carbonyl (C=O) groups is 2. The zero-order valence-electron chi connectivity index (χ0n) is 15.6. The van der Waals surface area contributed by atoms with Gasteiger partial charge in [-0.1, -0.05) is 42.0 Å². The molecule has 0 radical (unpaired) electrons. The molecule has 0 unspecified atom stereocenters. The molecular weight excluding hydrogens is 376 g/mol. The summed E-state index contributed by atoms with van der Waals surface area (Å²) in [5.74, 6) is -0.289. The second kappa shape index (κ2) is 9.14. The van der Waals surface area contributed by atoms with Crippen molar-refractivity contribution < 1.29 is 19.1 Å². The van der Waals surface area contributed by atoms with E-state index in [-0.39, 0.29) is 18.2 Å². The molecular formula is C21H20N2O4S. The molecule has 0 spiro atoms. The summed E-state index contributed by atoms with van der Waals surface area (Å²) in [5, 5.41) is 5.07. The van der Waals surface area contributed by atoms with Gasteiger partial charge >= 0.3 is 5.97 Å². The van der Waals surface area contributed by atoms with Crippen LogP contribution in [0.3, 0.4) is 0 Å². The van der Waals surface area contributed by atoms with E-state index in [1.807, 2.05) is 55.5 Å². The maximum atomic E-state index is 12.1. The minimum absolute atomic E-state index is 0.196. The summed E-state index contributed by atoms with van der Waals surface area (Å²) < 4.78 is 10.2. The number of benzene rings is 2. The van der Waals surface area contributed by atoms with Crippen molar-refractivity contribution in [1.29, 1.82) is 0 Å². The molecule has 6 nitrogen and oxygen atoms in total. The predicted molar refractivity (Wildman–Crippen MR) is 107 cm³/mol. The van der Waals surface area contributed by atoms with Crippen LogP contribution in [0.2, 0.25) is 0 Å². The Kier molecular flexibility index (Phi) is 6.39. The molecule has 1 heterocycles. The van der Waals surface area contributed by atoms with Crippen LogP contribution >= 0.6 is 11.3 Å². The molecule has 1 N–H and O–H groups in total. The van der Waals surface area contributed by atoms with Gasteiger partial charge in [-0.2, -0.15) is 0 Å². The lowest BCUT2D eigenvalue weighted by Gasteiger charge is -2.07. The van der Waals surface area contributed by atoms with E-state index in [1.54, 1.807) is 12.5 Å². The smallest absolute Gasteiger partial charge is 0.358 e. The molecule has 0 aliphatic carbocycles. The van der Waals surface area contributed by atoms with Crippen molar-refractivity contribution >= 4 is 23.2 Å². The highest BCUT2D eigenvalue weighted by molar-refractivity contribution is 7.13. The van der Waals surface area contributed by atoms with Crippen molar-refractivity contribution in [3.63, 3.8) is 0 Å². The molecule has 2 aromatic carbocycles. The number of esters is 1. The number of aryl methyl sites for hydroxylation is 1. The molecule has 0 aliphatic rings. The lowest BCUT2D eigenvalue weighted by molar-refractivity contribution is -0.124. The SMILES string of the molecule is COc1cccc(CNC(=O)COC(=O)c2csc(-c3ccc(C)cc3)n2)c1. The highest BCUT2D eigenvalue weighted by Crippen LogP contribution is 2.24. The van der Waals surface area contributed by atoms with Crippen molar-refractivity contribution in [2.75, 3.05) is 13.7 Å². The van der Waals surface area contributed by atoms with Crippen molar-refractivity contribution in [3.05, 3.63) is 70.7 Å². The van der Waals surface area contributed by atoms with Crippen LogP contribution < -0.4 is 10.1 Å². The van der Waals surface area contributed by atoms with Crippen molar-refractivity contribution in [3.8, 4) is 16.3 Å². The molecule has 0 bridgehead atoms. The zero-order chi connectivity index (χ0) is 19.9. The first-order valence-electron chi connectivity index (χ1n) is 8.64. The third kappa shape index (κ3) is 5.17. The Labute approximate surface area is 167 Å². The molecule has 1 aromatic heterocycles. The molecule has 0 fully saturated rings. The second-order valence-corrected chi connectivity index (χ2v) is 6.97. The van der Waals surface area contributed by atoms with Crippen molar-refractivity contribution in [2.45, 2.75) is 13.5 Å². The summed E-state index contributed by atoms with van der Waals surface area (Å²) >= 11 is 1.36. The topological polar surface area (TPSA) is 77.5 Å². The quantitative estimate of drug-likeness (QED) is 0.618. The number of nitrogens with one attached hydrogen (secondary N) is 1. The van der Waals surface area contributed by atoms with E-state index in [1.165, 1.54) is 11.3 Å². The molecule has 0 saturated heterocycles. The van der Waals surface area contributed by atoms with Gasteiger partial charge in [0.25, 0.3) is 5.91 Å². The summed E-state index contributed by atoms with van der Waals surface area (Å²) in [4.78, 5) is 28.4. The Morgan fingerprint density at radius 3 is 2.68 bits per heavy atom. The van der Waals surface area contributed by atoms with Crippen LogP contribution in [-0.2, 0) is 16.1 Å². The van der Waals surface area contributed by atoms with Crippen molar-refractivity contribution in [2.24, 2.45) is 0 Å². The monoisotopic (exact) mass is 396 g/mol. The molecule has 0 atom stereocenters. The number of thiazole rings is 1. The number of aromatic nitrogens is 1. The van der Waals surface area contributed by atoms with Crippen LogP contribution in [0.5, 0.6) is 5.75 Å². The lowest BCUT2D eigenvalue weighted by Crippen LogP contribution is -2.28. The van der Waals surface area contributed by atoms with Crippen LogP contribution in [0.4, 0.5) is 0 Å². The van der Waals surface area contributed by atoms with Gasteiger partial charge in [-0.15, -0.1) is 11.3 Å². The first kappa shape index (κ1) is 19.6. The first-order chi connectivity index (χ1) is 13.5. The zero-order valence-corrected chi connectivity index (χ0v) is 16.4. The number of nitrogens with zero attached hydrogens (tertiary/aromatic N) is 1. The number of methoxy groups -OCH3 is 1. The number of hydrogen-bond donors (Lipinski definition) is 1. The molecule has 144 valence electrons. The fourth-order valence-corrected chi connectivity index (χ4v) is 3.23. The van der Waals surface area contributed by atoms with Crippen LogP contribution in [-0.4, -0.2) is 30.6 Å². The van der Waals surface area contributed by atoms with E-state index in [0.29, 0.717) is 12.3 Å². The highest BCUT2D eigenvalue weighted by atomic mass is 32.1. The standard InChI is InChI=1S/C21H20N2O4S/c1-14-6-8-16(9-7-14)20-23-18(13-28-20)21(25)27-12-19(24)22-11-15-4-3-5-17(10-15)26-2/h3-10,13H,11-12H2,1-2H3,(H,22,24). The fourth-order valence-electron chi connectivity index (χ4n) is 2.44. The maximum absolute atomic E-state index is 12.1. The van der Waals surface area contributed by atoms with Gasteiger partial charge in [0.1, 0.15) is 10.8 Å². The van der Waals surface area contributed by atoms with Gasteiger partial charge in [-0.3, -0.25) is 4.79 Å². The van der Waals surface area contributed by atoms with E-state index in [9.17, 15) is 9.59 Å². The van der Waals surface area contributed by atoms with E-state index in [0.717, 1.165) is 21.7 Å². The van der Waals surface area contributed by atoms with Gasteiger partial charge in [0.15, 0.2) is 12.3 Å². The minimum Gasteiger partial charge on any atom is -0.497 e. The number of hydrogen-bond acceptors (Lipinski definition) is 6. The molecule has 0 aliphatic heterocycles. The Hall–Kier alpha value is -3.19. The Morgan fingerprint density at radius 1 is 1.14 bits per heavy atom. The second-order valence-electron chi connectivity index (χ2n) is 6.11. The highest BCUT2D eigenvalue weighted by Gasteiger charge is 2.15. The summed E-state index contributed by atoms with van der Waals surface area (Å²) in [6, 6.07) is 15.2. The minimum atomic E-state index is -0.619. The van der Waals surface area contributed by atoms with Gasteiger partial charge in [-0.25, -0.2) is 9.78 Å². The lowest BCUT2D eigenvalue weighted by atomic mass is 10.2. The normalized spacial score (nSPS) is 10.4. The Bertz CT molecular complexity index is 967. The third-order valence-electron chi connectivity index (χ3n) is 3.97. The number of rotatable bonds is 7. The van der Waals surface area contributed by atoms with Crippen molar-refractivity contribution in [1.82, 2.24) is 10.3 Å². The number of ether oxygens (including phenoxy) is 2. The van der Waals surface area contributed by atoms with E-state index >= 15 is 0 Å². The van der Waals surface area contributed by atoms with E-state index < -0.39 is 5.97 Å². The summed E-state index contributed by atoms with van der Waals surface area (Å²) in [6.45, 7) is 1.97. The van der Waals surface area contributed by atoms with Gasteiger partial charge in [-0.05, 0) is 24.6 Å². The molecule has 0 saturated carbocycles. The van der Waals surface area contributed by atoms with Crippen LogP contribution in [0.1, 0.15) is 21.6 Å². The van der Waals surface area contributed by atoms with E-state index in [2.05, 4.69) is 10.3 Å². The third-order valence-corrected chi connectivity index (χ3v) is 4.86. The summed E-state index contributed by atoms with van der Waals surface area (Å²) in [5.41, 5.74) is 3.17. The molecule has 3 aromatic rings. The van der Waals surface area contributed by atoms with E-state index in [4.69, 9.17) is 9.47 Å². The van der Waals surface area contributed by atoms with Crippen LogP contribution in [0.25, 0.3) is 10.6 Å². The summed E-state index contributed by atoms with van der Waals surface area (Å²) in [6.07, 6.45) is 0. The molecule has 3 rings (SSSR count). The predicted octanol–water partition coefficient (Wildman–Crippen LogP) is 3.60. The maximum Gasteiger partial charge on any atom is 0.358 e. The van der Waals surface area contributed by atoms with Crippen LogP contribution in [0.15, 0.2) is 53.9 Å². The number of carbonyl (C=O) groups excluding carboxylic acids is 2.